The Morgan fingerprint density at radius 1 is 1.33 bits per heavy atom. The number of halogens is 1. The molecule has 1 aliphatic heterocycles. The van der Waals surface area contributed by atoms with E-state index in [-0.39, 0.29) is 5.48 Å². The van der Waals surface area contributed by atoms with Crippen LogP contribution in [0.4, 0.5) is 0 Å². The fourth-order valence-electron chi connectivity index (χ4n) is 0.954. The molecule has 79 valence electrons. The summed E-state index contributed by atoms with van der Waals surface area (Å²) in [6, 6.07) is 0. The van der Waals surface area contributed by atoms with Crippen molar-refractivity contribution >= 4 is 22.0 Å². The first-order valence-electron chi connectivity index (χ1n) is 3.43. The van der Waals surface area contributed by atoms with Crippen LogP contribution in [-0.2, 0) is 36.1 Å². The van der Waals surface area contributed by atoms with Crippen molar-refractivity contribution in [3.63, 3.8) is 0 Å². The molecule has 0 spiro atoms. The normalized spacial score (nSPS) is 17.3. The number of nitrogens with zero attached hydrogens (tertiary/aromatic N) is 1. The minimum absolute atomic E-state index is 0. The maximum atomic E-state index is 5.17. The Morgan fingerprint density at radius 2 is 1.83 bits per heavy atom. The van der Waals surface area contributed by atoms with Crippen molar-refractivity contribution in [3.05, 3.63) is 0 Å². The van der Waals surface area contributed by atoms with Gasteiger partial charge in [-0.25, -0.2) is 0 Å². The van der Waals surface area contributed by atoms with Gasteiger partial charge in [0.25, 0.3) is 0 Å². The van der Waals surface area contributed by atoms with Gasteiger partial charge in [0.1, 0.15) is 0 Å². The predicted molar refractivity (Wildman–Crippen MR) is 49.0 cm³/mol. The Bertz CT molecular complexity index is 83.2. The van der Waals surface area contributed by atoms with E-state index in [1.54, 1.807) is 18.8 Å². The second kappa shape index (κ2) is 12.2. The Hall–Kier alpha value is 1.21. The van der Waals surface area contributed by atoms with E-state index >= 15 is 0 Å². The molecule has 12 heavy (non-hydrogen) atoms. The first-order chi connectivity index (χ1) is 5.43. The van der Waals surface area contributed by atoms with Gasteiger partial charge in [-0.15, -0.1) is 0 Å². The molecule has 0 aromatic carbocycles. The van der Waals surface area contributed by atoms with Gasteiger partial charge in [0, 0.05) is 13.1 Å². The van der Waals surface area contributed by atoms with Crippen molar-refractivity contribution in [2.24, 2.45) is 0 Å². The maximum absolute atomic E-state index is 5.17. The van der Waals surface area contributed by atoms with Gasteiger partial charge >= 0.3 is 28.2 Å². The maximum Gasteiger partial charge on any atom is 0.0594 e. The molecule has 3 nitrogen and oxygen atoms in total. The largest absolute Gasteiger partial charge is 0.791 e. The molecule has 0 radical (unpaired) electrons. The fraction of sp³-hybridized carbons (Fsp3) is 1.00. The van der Waals surface area contributed by atoms with Gasteiger partial charge in [-0.05, 0) is 6.54 Å². The smallest absolute Gasteiger partial charge is 0.0594 e. The van der Waals surface area contributed by atoms with Crippen LogP contribution in [0, 0.1) is 0 Å². The van der Waals surface area contributed by atoms with Crippen LogP contribution in [0.3, 0.4) is 0 Å². The molecule has 0 aliphatic carbocycles. The van der Waals surface area contributed by atoms with E-state index in [9.17, 15) is 0 Å². The summed E-state index contributed by atoms with van der Waals surface area (Å²) in [7, 11) is 4.61. The number of hydrogen-bond acceptors (Lipinski definition) is 3. The number of rotatable bonds is 2. The van der Waals surface area contributed by atoms with E-state index in [0.29, 0.717) is 0 Å². The van der Waals surface area contributed by atoms with Crippen LogP contribution in [0.15, 0.2) is 0 Å². The molecule has 1 heterocycles. The standard InChI is InChI=1S/C6H13NOS.ClH.H2O.Pt/c9-6-3-7-1-4-8-5-2-7;;;/h9H,1-6H2;1H;1H2;/q;;;+1/p-2. The molecule has 0 saturated carbocycles. The quantitative estimate of drug-likeness (QED) is 0.606. The van der Waals surface area contributed by atoms with Crippen LogP contribution < -0.4 is 0 Å². The van der Waals surface area contributed by atoms with Crippen molar-refractivity contribution in [1.82, 2.24) is 4.90 Å². The third kappa shape index (κ3) is 7.84. The molecule has 0 aromatic rings. The van der Waals surface area contributed by atoms with Gasteiger partial charge in [-0.3, -0.25) is 0 Å². The van der Waals surface area contributed by atoms with Crippen LogP contribution in [0.2, 0.25) is 0 Å². The number of ether oxygens (including phenoxy) is 1. The van der Waals surface area contributed by atoms with E-state index in [4.69, 9.17) is 17.4 Å². The van der Waals surface area contributed by atoms with Crippen molar-refractivity contribution in [2.75, 3.05) is 38.6 Å². The topological polar surface area (TPSA) is 44.0 Å². The molecular weight excluding hydrogens is 381 g/mol. The molecule has 1 fully saturated rings. The van der Waals surface area contributed by atoms with Gasteiger partial charge < -0.3 is 27.7 Å². The summed E-state index contributed by atoms with van der Waals surface area (Å²) in [4.78, 5) is 2.34. The summed E-state index contributed by atoms with van der Waals surface area (Å²) in [5.74, 6) is 0.847. The zero-order valence-electron chi connectivity index (χ0n) is 6.70. The molecule has 6 heteroatoms. The minimum atomic E-state index is 0. The SMILES string of the molecule is O.[Cl][Pt].[S-]CCN1CCOCC1. The van der Waals surface area contributed by atoms with Crippen LogP contribution in [-0.4, -0.2) is 49.0 Å². The monoisotopic (exact) mass is 394 g/mol. The summed E-state index contributed by atoms with van der Waals surface area (Å²) >= 11 is 6.46. The number of hydrogen-bond donors (Lipinski definition) is 0. The summed E-state index contributed by atoms with van der Waals surface area (Å²) < 4.78 is 5.17. The zero-order valence-corrected chi connectivity index (χ0v) is 10.5. The Morgan fingerprint density at radius 3 is 2.25 bits per heavy atom. The second-order valence-corrected chi connectivity index (χ2v) is 2.57. The Balaban J connectivity index is 0. The summed E-state index contributed by atoms with van der Waals surface area (Å²) in [6.45, 7) is 4.96. The van der Waals surface area contributed by atoms with E-state index in [2.05, 4.69) is 14.3 Å². The first kappa shape index (κ1) is 15.7. The molecule has 1 rings (SSSR count). The molecule has 1 aliphatic rings. The number of morpholine rings is 1. The summed E-state index contributed by atoms with van der Waals surface area (Å²) in [6.07, 6.45) is 0. The minimum Gasteiger partial charge on any atom is -0.791 e. The van der Waals surface area contributed by atoms with Crippen LogP contribution in [0.25, 0.3) is 0 Å². The van der Waals surface area contributed by atoms with E-state index in [1.165, 1.54) is 0 Å². The Labute approximate surface area is 94.3 Å². The van der Waals surface area contributed by atoms with Crippen LogP contribution >= 0.6 is 9.42 Å². The van der Waals surface area contributed by atoms with Crippen molar-refractivity contribution < 1.29 is 29.0 Å². The van der Waals surface area contributed by atoms with Crippen molar-refractivity contribution in [2.45, 2.75) is 0 Å². The third-order valence-electron chi connectivity index (χ3n) is 1.51. The average Bonchev–Trinajstić information content (AvgIpc) is 2.11. The van der Waals surface area contributed by atoms with Gasteiger partial charge in [0.05, 0.1) is 13.2 Å². The van der Waals surface area contributed by atoms with Gasteiger partial charge in [0.15, 0.2) is 0 Å². The fourth-order valence-corrected chi connectivity index (χ4v) is 1.21. The second-order valence-electron chi connectivity index (χ2n) is 2.16. The molecular formula is C6H14ClNO2PtS-. The molecule has 0 aromatic heterocycles. The third-order valence-corrected chi connectivity index (χ3v) is 1.69. The van der Waals surface area contributed by atoms with Gasteiger partial charge in [-0.1, -0.05) is 0 Å². The van der Waals surface area contributed by atoms with E-state index < -0.39 is 0 Å². The van der Waals surface area contributed by atoms with Crippen molar-refractivity contribution in [1.29, 1.82) is 0 Å². The molecule has 0 amide bonds. The Kier molecular flexibility index (Phi) is 15.9. The van der Waals surface area contributed by atoms with E-state index in [0.717, 1.165) is 38.6 Å². The first-order valence-corrected chi connectivity index (χ1v) is 6.83. The van der Waals surface area contributed by atoms with Crippen molar-refractivity contribution in [3.8, 4) is 0 Å². The molecule has 0 atom stereocenters. The van der Waals surface area contributed by atoms with E-state index in [1.807, 2.05) is 0 Å². The molecule has 2 N–H and O–H groups in total. The molecule has 0 bridgehead atoms. The average molecular weight is 395 g/mol. The van der Waals surface area contributed by atoms with Gasteiger partial charge in [-0.2, -0.15) is 5.75 Å². The predicted octanol–water partition coefficient (Wildman–Crippen LogP) is -0.272. The molecule has 0 unspecified atom stereocenters. The van der Waals surface area contributed by atoms with Crippen LogP contribution in [0.1, 0.15) is 0 Å². The summed E-state index contributed by atoms with van der Waals surface area (Å²) in [5.41, 5.74) is 0. The molecule has 1 saturated heterocycles. The van der Waals surface area contributed by atoms with Gasteiger partial charge in [0.2, 0.25) is 0 Å². The zero-order chi connectivity index (χ0) is 8.53. The van der Waals surface area contributed by atoms with Crippen LogP contribution in [0.5, 0.6) is 0 Å². The summed E-state index contributed by atoms with van der Waals surface area (Å²) in [5, 5.41) is 0.